The van der Waals surface area contributed by atoms with E-state index in [-0.39, 0.29) is 5.71 Å². The van der Waals surface area contributed by atoms with E-state index in [0.717, 1.165) is 6.21 Å². The van der Waals surface area contributed by atoms with Gasteiger partial charge >= 0.3 is 53.8 Å². The Morgan fingerprint density at radius 1 is 2.00 bits per heavy atom. The van der Waals surface area contributed by atoms with Crippen LogP contribution in [-0.2, 0) is 23.5 Å². The number of hydrogen-bond acceptors (Lipinski definition) is 2. The van der Waals surface area contributed by atoms with Crippen LogP contribution in [0, 0.1) is 0 Å². The third-order valence-corrected chi connectivity index (χ3v) is 2.23. The van der Waals surface area contributed by atoms with Crippen LogP contribution < -0.4 is 0 Å². The molecule has 0 bridgehead atoms. The quantitative estimate of drug-likeness (QED) is 0.721. The van der Waals surface area contributed by atoms with Gasteiger partial charge in [-0.2, -0.15) is 0 Å². The summed E-state index contributed by atoms with van der Waals surface area (Å²) in [4.78, 5) is 10.2. The van der Waals surface area contributed by atoms with Crippen LogP contribution in [0.25, 0.3) is 0 Å². The van der Waals surface area contributed by atoms with Gasteiger partial charge in [-0.15, -0.1) is 0 Å². The summed E-state index contributed by atoms with van der Waals surface area (Å²) >= 11 is 1.23. The predicted octanol–water partition coefficient (Wildman–Crippen LogP) is 1.55. The molecule has 0 N–H and O–H groups in total. The third kappa shape index (κ3) is 4.31. The molecule has 0 unspecified atom stereocenters. The van der Waals surface area contributed by atoms with Crippen LogP contribution in [0.4, 0.5) is 4.79 Å². The van der Waals surface area contributed by atoms with Crippen LogP contribution in [0.3, 0.4) is 0 Å². The molecule has 7 heavy (non-hydrogen) atoms. The second-order valence-electron chi connectivity index (χ2n) is 0.790. The van der Waals surface area contributed by atoms with Gasteiger partial charge in [0.2, 0.25) is 0 Å². The predicted molar refractivity (Wildman–Crippen MR) is 23.9 cm³/mol. The van der Waals surface area contributed by atoms with E-state index in [1.807, 2.05) is 0 Å². The Bertz CT molecular complexity index is 83.0. The van der Waals surface area contributed by atoms with Crippen molar-refractivity contribution in [2.45, 2.75) is 6.92 Å². The molecule has 0 aromatic rings. The van der Waals surface area contributed by atoms with Gasteiger partial charge in [0.15, 0.2) is 0 Å². The molecule has 2 nitrogen and oxygen atoms in total. The molecule has 4 heteroatoms. The van der Waals surface area contributed by atoms with E-state index in [0.29, 0.717) is 6.61 Å². The fourth-order valence-corrected chi connectivity index (χ4v) is 0.900. The summed E-state index contributed by atoms with van der Waals surface area (Å²) in [5.74, 6) is 0. The van der Waals surface area contributed by atoms with Crippen molar-refractivity contribution in [2.75, 3.05) is 6.61 Å². The number of rotatable bonds is 2. The van der Waals surface area contributed by atoms with Gasteiger partial charge in [0, 0.05) is 0 Å². The Morgan fingerprint density at radius 2 is 2.57 bits per heavy atom. The molecule has 0 fully saturated rings. The van der Waals surface area contributed by atoms with Gasteiger partial charge in [-0.05, 0) is 0 Å². The van der Waals surface area contributed by atoms with Crippen molar-refractivity contribution >= 4 is 11.9 Å². The molecule has 0 saturated heterocycles. The molecule has 0 amide bonds. The molecule has 0 heterocycles. The zero-order chi connectivity index (χ0) is 5.70. The monoisotopic (exact) mass is 288 g/mol. The molecule has 0 atom stereocenters. The van der Waals surface area contributed by atoms with Crippen LogP contribution in [0.2, 0.25) is 0 Å². The van der Waals surface area contributed by atoms with Crippen LogP contribution in [0.5, 0.6) is 0 Å². The zero-order valence-electron chi connectivity index (χ0n) is 3.88. The van der Waals surface area contributed by atoms with Crippen molar-refractivity contribution < 1.29 is 28.3 Å². The summed E-state index contributed by atoms with van der Waals surface area (Å²) in [6.07, 6.45) is 0.766. The average molecular weight is 288 g/mol. The summed E-state index contributed by atoms with van der Waals surface area (Å²) in [6, 6.07) is 0. The van der Waals surface area contributed by atoms with E-state index in [9.17, 15) is 4.79 Å². The number of carbonyl (C=O) groups is 1. The second kappa shape index (κ2) is 4.61. The zero-order valence-corrected chi connectivity index (χ0v) is 7.71. The minimum atomic E-state index is -0.113. The Balaban J connectivity index is 3.17. The van der Waals surface area contributed by atoms with Crippen molar-refractivity contribution in [3.8, 4) is 0 Å². The average Bonchev–Trinajstić information content (AvgIpc) is 1.68. The Labute approximate surface area is 54.2 Å². The molecular formula is C3H5O2PW. The first-order chi connectivity index (χ1) is 3.31. The molecule has 0 aliphatic rings. The van der Waals surface area contributed by atoms with E-state index < -0.39 is 0 Å². The fourth-order valence-electron chi connectivity index (χ4n) is 0.150. The molecule has 0 rings (SSSR count). The SMILES string of the molecule is CCOC(=O)[P]=[W]. The van der Waals surface area contributed by atoms with Gasteiger partial charge in [-0.3, -0.25) is 0 Å². The summed E-state index contributed by atoms with van der Waals surface area (Å²) in [5, 5.41) is 0. The topological polar surface area (TPSA) is 26.3 Å². The first-order valence-corrected chi connectivity index (χ1v) is 6.56. The summed E-state index contributed by atoms with van der Waals surface area (Å²) in [5.41, 5.74) is -0.113. The van der Waals surface area contributed by atoms with E-state index in [1.165, 1.54) is 18.8 Å². The number of carbonyl (C=O) groups excluding carboxylic acids is 1. The Hall–Kier alpha value is 0.458. The molecule has 0 aromatic heterocycles. The second-order valence-corrected chi connectivity index (χ2v) is 3.31. The normalized spacial score (nSPS) is 8.71. The summed E-state index contributed by atoms with van der Waals surface area (Å²) < 4.78 is 4.56. The molecular weight excluding hydrogens is 283 g/mol. The van der Waals surface area contributed by atoms with Crippen molar-refractivity contribution in [1.82, 2.24) is 0 Å². The van der Waals surface area contributed by atoms with Gasteiger partial charge in [-0.25, -0.2) is 0 Å². The Morgan fingerprint density at radius 3 is 2.71 bits per heavy atom. The first kappa shape index (κ1) is 7.46. The van der Waals surface area contributed by atoms with E-state index in [2.05, 4.69) is 4.74 Å². The molecule has 0 aliphatic carbocycles. The maximum atomic E-state index is 10.2. The van der Waals surface area contributed by atoms with E-state index in [4.69, 9.17) is 0 Å². The molecule has 0 aliphatic heterocycles. The first-order valence-electron chi connectivity index (χ1n) is 1.81. The Kier molecular flexibility index (Phi) is 4.92. The van der Waals surface area contributed by atoms with Crippen molar-refractivity contribution in [1.29, 1.82) is 0 Å². The van der Waals surface area contributed by atoms with Gasteiger partial charge in [0.25, 0.3) is 0 Å². The van der Waals surface area contributed by atoms with Crippen LogP contribution in [0.1, 0.15) is 6.92 Å². The third-order valence-electron chi connectivity index (χ3n) is 0.342. The molecule has 0 radical (unpaired) electrons. The maximum absolute atomic E-state index is 10.2. The summed E-state index contributed by atoms with van der Waals surface area (Å²) in [7, 11) is 0. The van der Waals surface area contributed by atoms with Crippen molar-refractivity contribution in [2.24, 2.45) is 0 Å². The summed E-state index contributed by atoms with van der Waals surface area (Å²) in [6.45, 7) is 2.30. The molecule has 0 aromatic carbocycles. The van der Waals surface area contributed by atoms with Gasteiger partial charge < -0.3 is 0 Å². The number of ether oxygens (including phenoxy) is 1. The van der Waals surface area contributed by atoms with E-state index >= 15 is 0 Å². The van der Waals surface area contributed by atoms with Crippen molar-refractivity contribution in [3.05, 3.63) is 0 Å². The van der Waals surface area contributed by atoms with Crippen LogP contribution >= 0.6 is 6.21 Å². The fraction of sp³-hybridized carbons (Fsp3) is 0.667. The number of hydrogen-bond donors (Lipinski definition) is 0. The standard InChI is InChI=1S/C3H5O2P.W/c1-2-5-3(4)6;/h2H2,1H3;. The molecule has 40 valence electrons. The van der Waals surface area contributed by atoms with Crippen LogP contribution in [0.15, 0.2) is 0 Å². The van der Waals surface area contributed by atoms with Gasteiger partial charge in [-0.1, -0.05) is 0 Å². The van der Waals surface area contributed by atoms with Gasteiger partial charge in [0.1, 0.15) is 0 Å². The molecule has 0 spiro atoms. The van der Waals surface area contributed by atoms with Crippen molar-refractivity contribution in [3.63, 3.8) is 0 Å². The van der Waals surface area contributed by atoms with Crippen LogP contribution in [-0.4, -0.2) is 12.3 Å². The minimum absolute atomic E-state index is 0.113. The van der Waals surface area contributed by atoms with Gasteiger partial charge in [0.05, 0.1) is 0 Å². The van der Waals surface area contributed by atoms with E-state index in [1.54, 1.807) is 6.92 Å². The molecule has 0 saturated carbocycles.